The Labute approximate surface area is 165 Å². The van der Waals surface area contributed by atoms with Crippen molar-refractivity contribution in [1.82, 2.24) is 4.90 Å². The third-order valence-corrected chi connectivity index (χ3v) is 6.08. The maximum absolute atomic E-state index is 13.8. The van der Waals surface area contributed by atoms with Gasteiger partial charge in [-0.15, -0.1) is 11.8 Å². The van der Waals surface area contributed by atoms with E-state index in [0.717, 1.165) is 24.3 Å². The lowest BCUT2D eigenvalue weighted by Gasteiger charge is -2.42. The molecule has 0 N–H and O–H groups in total. The highest BCUT2D eigenvalue weighted by molar-refractivity contribution is 8.02. The Balaban J connectivity index is 1.70. The maximum atomic E-state index is 13.8. The Kier molecular flexibility index (Phi) is 5.26. The second-order valence-corrected chi connectivity index (χ2v) is 8.35. The summed E-state index contributed by atoms with van der Waals surface area (Å²) in [5.74, 6) is 0.843. The molecular weight excluding hydrogens is 355 g/mol. The van der Waals surface area contributed by atoms with Crippen molar-refractivity contribution >= 4 is 17.4 Å². The van der Waals surface area contributed by atoms with Crippen LogP contribution in [-0.4, -0.2) is 23.4 Å². The van der Waals surface area contributed by atoms with Crippen molar-refractivity contribution in [2.75, 3.05) is 17.2 Å². The zero-order chi connectivity index (χ0) is 18.8. The highest BCUT2D eigenvalue weighted by atomic mass is 32.2. The summed E-state index contributed by atoms with van der Waals surface area (Å²) in [4.78, 5) is 4.90. The Morgan fingerprint density at radius 1 is 1.15 bits per heavy atom. The molecule has 0 saturated heterocycles. The van der Waals surface area contributed by atoms with Crippen LogP contribution < -0.4 is 4.90 Å². The number of rotatable bonds is 5. The van der Waals surface area contributed by atoms with Crippen molar-refractivity contribution in [3.05, 3.63) is 88.2 Å². The monoisotopic (exact) mass is 380 g/mol. The summed E-state index contributed by atoms with van der Waals surface area (Å²) in [6, 6.07) is 15.6. The van der Waals surface area contributed by atoms with Gasteiger partial charge in [0.15, 0.2) is 0 Å². The standard InChI is InChI=1S/C23H25FN2S/c1-3-27-23-14-17(2)13-22(25-12-11-19-8-4-5-10-21(19)25)26(23)16-18-7-6-9-20(24)15-18/h4-10,13-15,22H,3,11-12,16H2,1-2H3. The van der Waals surface area contributed by atoms with E-state index in [1.165, 1.54) is 27.9 Å². The number of para-hydroxylation sites is 1. The van der Waals surface area contributed by atoms with Gasteiger partial charge in [-0.1, -0.05) is 37.3 Å². The number of thioether (sulfide) groups is 1. The molecule has 1 atom stereocenters. The van der Waals surface area contributed by atoms with E-state index in [1.807, 2.05) is 17.8 Å². The normalized spacial score (nSPS) is 19.0. The summed E-state index contributed by atoms with van der Waals surface area (Å²) in [7, 11) is 0. The van der Waals surface area contributed by atoms with Gasteiger partial charge in [0.05, 0.1) is 5.03 Å². The van der Waals surface area contributed by atoms with Gasteiger partial charge in [0.1, 0.15) is 12.0 Å². The van der Waals surface area contributed by atoms with Gasteiger partial charge in [0.25, 0.3) is 0 Å². The van der Waals surface area contributed by atoms with Crippen LogP contribution in [0.15, 0.2) is 71.3 Å². The first kappa shape index (κ1) is 18.2. The van der Waals surface area contributed by atoms with Crippen LogP contribution in [0.2, 0.25) is 0 Å². The summed E-state index contributed by atoms with van der Waals surface area (Å²) >= 11 is 1.86. The summed E-state index contributed by atoms with van der Waals surface area (Å²) in [5.41, 5.74) is 5.02. The van der Waals surface area contributed by atoms with Crippen molar-refractivity contribution < 1.29 is 4.39 Å². The predicted octanol–water partition coefficient (Wildman–Crippen LogP) is 5.57. The van der Waals surface area contributed by atoms with E-state index < -0.39 is 0 Å². The molecule has 0 spiro atoms. The van der Waals surface area contributed by atoms with Crippen molar-refractivity contribution in [3.8, 4) is 0 Å². The highest BCUT2D eigenvalue weighted by Crippen LogP contribution is 2.37. The average Bonchev–Trinajstić information content (AvgIpc) is 3.08. The van der Waals surface area contributed by atoms with E-state index in [0.29, 0.717) is 6.54 Å². The molecule has 0 aliphatic carbocycles. The summed E-state index contributed by atoms with van der Waals surface area (Å²) < 4.78 is 13.8. The summed E-state index contributed by atoms with van der Waals surface area (Å²) in [6.07, 6.45) is 5.82. The fourth-order valence-corrected chi connectivity index (χ4v) is 4.86. The summed E-state index contributed by atoms with van der Waals surface area (Å²) in [5, 5.41) is 1.26. The second kappa shape index (κ2) is 7.81. The van der Waals surface area contributed by atoms with Crippen LogP contribution in [0.25, 0.3) is 0 Å². The molecule has 2 aromatic rings. The number of anilines is 1. The number of hydrogen-bond donors (Lipinski definition) is 0. The molecule has 1 unspecified atom stereocenters. The fourth-order valence-electron chi connectivity index (χ4n) is 3.95. The van der Waals surface area contributed by atoms with Crippen LogP contribution in [0.4, 0.5) is 10.1 Å². The predicted molar refractivity (Wildman–Crippen MR) is 113 cm³/mol. The van der Waals surface area contributed by atoms with Gasteiger partial charge in [-0.2, -0.15) is 0 Å². The minimum Gasteiger partial charge on any atom is -0.347 e. The summed E-state index contributed by atoms with van der Waals surface area (Å²) in [6.45, 7) is 6.06. The number of fused-ring (bicyclic) bond motifs is 1. The van der Waals surface area contributed by atoms with Crippen molar-refractivity contribution in [2.24, 2.45) is 0 Å². The third-order valence-electron chi connectivity index (χ3n) is 5.14. The van der Waals surface area contributed by atoms with Gasteiger partial charge < -0.3 is 9.80 Å². The van der Waals surface area contributed by atoms with Gasteiger partial charge in [-0.25, -0.2) is 4.39 Å². The van der Waals surface area contributed by atoms with Crippen LogP contribution in [0.5, 0.6) is 0 Å². The Morgan fingerprint density at radius 3 is 2.81 bits per heavy atom. The van der Waals surface area contributed by atoms with E-state index in [-0.39, 0.29) is 12.0 Å². The van der Waals surface area contributed by atoms with Gasteiger partial charge >= 0.3 is 0 Å². The maximum Gasteiger partial charge on any atom is 0.123 e. The molecule has 2 aliphatic heterocycles. The van der Waals surface area contributed by atoms with Crippen LogP contribution in [-0.2, 0) is 13.0 Å². The Morgan fingerprint density at radius 2 is 2.00 bits per heavy atom. The molecule has 140 valence electrons. The lowest BCUT2D eigenvalue weighted by Crippen LogP contribution is -2.47. The largest absolute Gasteiger partial charge is 0.347 e. The molecule has 0 aromatic heterocycles. The smallest absolute Gasteiger partial charge is 0.123 e. The quantitative estimate of drug-likeness (QED) is 0.669. The fraction of sp³-hybridized carbons (Fsp3) is 0.304. The minimum atomic E-state index is -0.173. The molecule has 0 fully saturated rings. The molecule has 2 aromatic carbocycles. The van der Waals surface area contributed by atoms with Gasteiger partial charge in [0.2, 0.25) is 0 Å². The van der Waals surface area contributed by atoms with E-state index in [4.69, 9.17) is 0 Å². The first-order valence-electron chi connectivity index (χ1n) is 9.54. The topological polar surface area (TPSA) is 6.48 Å². The first-order chi connectivity index (χ1) is 13.2. The Bertz CT molecular complexity index is 889. The lowest BCUT2D eigenvalue weighted by molar-refractivity contribution is 0.290. The zero-order valence-corrected chi connectivity index (χ0v) is 16.7. The van der Waals surface area contributed by atoms with Gasteiger partial charge in [-0.3, -0.25) is 0 Å². The second-order valence-electron chi connectivity index (χ2n) is 7.07. The van der Waals surface area contributed by atoms with E-state index in [2.05, 4.69) is 60.1 Å². The van der Waals surface area contributed by atoms with Gasteiger partial charge in [-0.05, 0) is 66.1 Å². The average molecular weight is 381 g/mol. The van der Waals surface area contributed by atoms with E-state index >= 15 is 0 Å². The SMILES string of the molecule is CCSC1=CC(C)=CC(N2CCc3ccccc32)N1Cc1cccc(F)c1. The number of allylic oxidation sites excluding steroid dienone is 2. The van der Waals surface area contributed by atoms with Crippen LogP contribution in [0.3, 0.4) is 0 Å². The van der Waals surface area contributed by atoms with E-state index in [9.17, 15) is 4.39 Å². The number of nitrogens with zero attached hydrogens (tertiary/aromatic N) is 2. The van der Waals surface area contributed by atoms with Crippen LogP contribution >= 0.6 is 11.8 Å². The highest BCUT2D eigenvalue weighted by Gasteiger charge is 2.32. The molecule has 4 heteroatoms. The molecule has 4 rings (SSSR count). The molecule has 2 nitrogen and oxygen atoms in total. The molecule has 0 bridgehead atoms. The van der Waals surface area contributed by atoms with E-state index in [1.54, 1.807) is 12.1 Å². The number of benzene rings is 2. The minimum absolute atomic E-state index is 0.149. The van der Waals surface area contributed by atoms with Gasteiger partial charge in [0, 0.05) is 18.8 Å². The zero-order valence-electron chi connectivity index (χ0n) is 15.9. The number of hydrogen-bond acceptors (Lipinski definition) is 3. The molecule has 0 saturated carbocycles. The Hall–Kier alpha value is -2.20. The first-order valence-corrected chi connectivity index (χ1v) is 10.5. The molecular formula is C23H25FN2S. The van der Waals surface area contributed by atoms with Crippen molar-refractivity contribution in [3.63, 3.8) is 0 Å². The third kappa shape index (κ3) is 3.77. The molecule has 27 heavy (non-hydrogen) atoms. The molecule has 0 amide bonds. The van der Waals surface area contributed by atoms with Crippen molar-refractivity contribution in [1.29, 1.82) is 0 Å². The lowest BCUT2D eigenvalue weighted by atomic mass is 10.1. The molecule has 2 aliphatic rings. The molecule has 0 radical (unpaired) electrons. The number of halogens is 1. The molecule has 2 heterocycles. The van der Waals surface area contributed by atoms with Crippen LogP contribution in [0, 0.1) is 5.82 Å². The van der Waals surface area contributed by atoms with Crippen LogP contribution in [0.1, 0.15) is 25.0 Å². The van der Waals surface area contributed by atoms with Crippen molar-refractivity contribution in [2.45, 2.75) is 33.0 Å².